The maximum Gasteiger partial charge on any atom is 0.261 e. The minimum absolute atomic E-state index is 0.0595. The fourth-order valence-corrected chi connectivity index (χ4v) is 4.68. The van der Waals surface area contributed by atoms with Gasteiger partial charge in [0.2, 0.25) is 5.91 Å². The first kappa shape index (κ1) is 24.6. The van der Waals surface area contributed by atoms with Crippen molar-refractivity contribution in [2.24, 2.45) is 11.8 Å². The predicted octanol–water partition coefficient (Wildman–Crippen LogP) is 3.12. The van der Waals surface area contributed by atoms with Crippen LogP contribution >= 0.6 is 0 Å². The molecule has 2 amide bonds. The van der Waals surface area contributed by atoms with E-state index in [0.29, 0.717) is 55.4 Å². The maximum absolute atomic E-state index is 12.8. The average molecular weight is 474 g/mol. The molecule has 0 aliphatic carbocycles. The molecule has 0 atom stereocenters. The monoisotopic (exact) mass is 473 g/mol. The second-order valence-electron chi connectivity index (χ2n) is 8.56. The summed E-state index contributed by atoms with van der Waals surface area (Å²) >= 11 is 0. The predicted molar refractivity (Wildman–Crippen MR) is 127 cm³/mol. The minimum atomic E-state index is -3.76. The molecule has 1 aliphatic rings. The highest BCUT2D eigenvalue weighted by Gasteiger charge is 2.27. The van der Waals surface area contributed by atoms with Crippen LogP contribution in [0.1, 0.15) is 37.0 Å². The molecule has 0 radical (unpaired) electrons. The number of nitrogens with zero attached hydrogens (tertiary/aromatic N) is 1. The lowest BCUT2D eigenvalue weighted by Gasteiger charge is -2.31. The van der Waals surface area contributed by atoms with Crippen LogP contribution in [0.2, 0.25) is 0 Å². The van der Waals surface area contributed by atoms with Crippen molar-refractivity contribution < 1.29 is 22.7 Å². The van der Waals surface area contributed by atoms with Crippen LogP contribution in [-0.4, -0.2) is 51.9 Å². The second-order valence-corrected chi connectivity index (χ2v) is 10.2. The Hall–Kier alpha value is -3.07. The second kappa shape index (κ2) is 10.7. The Morgan fingerprint density at radius 3 is 2.18 bits per heavy atom. The molecule has 2 aromatic carbocycles. The maximum atomic E-state index is 12.8. The van der Waals surface area contributed by atoms with Crippen LogP contribution in [0.25, 0.3) is 0 Å². The van der Waals surface area contributed by atoms with Gasteiger partial charge in [0.05, 0.1) is 12.0 Å². The highest BCUT2D eigenvalue weighted by atomic mass is 32.2. The van der Waals surface area contributed by atoms with Gasteiger partial charge in [0.25, 0.3) is 15.9 Å². The SMILES string of the molecule is COc1ccc(S(=O)(=O)Nc2ccc(C(=O)N3CCC(C(=O)NCC(C)C)CC3)cc2)cc1. The number of benzene rings is 2. The van der Waals surface area contributed by atoms with Gasteiger partial charge in [-0.15, -0.1) is 0 Å². The number of nitrogens with one attached hydrogen (secondary N) is 2. The van der Waals surface area contributed by atoms with E-state index in [0.717, 1.165) is 0 Å². The molecule has 1 saturated heterocycles. The summed E-state index contributed by atoms with van der Waals surface area (Å²) in [5.74, 6) is 0.837. The molecule has 3 rings (SSSR count). The number of ether oxygens (including phenoxy) is 1. The van der Waals surface area contributed by atoms with Gasteiger partial charge >= 0.3 is 0 Å². The van der Waals surface area contributed by atoms with Crippen LogP contribution in [0.3, 0.4) is 0 Å². The van der Waals surface area contributed by atoms with Gasteiger partial charge in [0.15, 0.2) is 0 Å². The van der Waals surface area contributed by atoms with Crippen LogP contribution in [0.5, 0.6) is 5.75 Å². The summed E-state index contributed by atoms with van der Waals surface area (Å²) in [7, 11) is -2.24. The number of carbonyl (C=O) groups excluding carboxylic acids is 2. The van der Waals surface area contributed by atoms with E-state index in [1.165, 1.54) is 19.2 Å². The number of piperidine rings is 1. The molecule has 0 bridgehead atoms. The first-order valence-corrected chi connectivity index (χ1v) is 12.5. The molecule has 9 heteroatoms. The lowest BCUT2D eigenvalue weighted by atomic mass is 9.95. The van der Waals surface area contributed by atoms with Gasteiger partial charge in [-0.2, -0.15) is 0 Å². The van der Waals surface area contributed by atoms with Crippen LogP contribution in [0, 0.1) is 11.8 Å². The molecule has 2 aromatic rings. The molecule has 1 heterocycles. The molecular formula is C24H31N3O5S. The van der Waals surface area contributed by atoms with E-state index in [4.69, 9.17) is 4.74 Å². The van der Waals surface area contributed by atoms with Crippen molar-refractivity contribution in [2.75, 3.05) is 31.5 Å². The minimum Gasteiger partial charge on any atom is -0.497 e. The van der Waals surface area contributed by atoms with Gasteiger partial charge in [0.1, 0.15) is 5.75 Å². The van der Waals surface area contributed by atoms with E-state index in [2.05, 4.69) is 23.9 Å². The topological polar surface area (TPSA) is 105 Å². The van der Waals surface area contributed by atoms with Crippen molar-refractivity contribution in [1.29, 1.82) is 0 Å². The van der Waals surface area contributed by atoms with Gasteiger partial charge in [-0.3, -0.25) is 14.3 Å². The van der Waals surface area contributed by atoms with E-state index in [1.54, 1.807) is 41.3 Å². The summed E-state index contributed by atoms with van der Waals surface area (Å²) < 4.78 is 32.7. The Morgan fingerprint density at radius 2 is 1.64 bits per heavy atom. The van der Waals surface area contributed by atoms with E-state index in [9.17, 15) is 18.0 Å². The Balaban J connectivity index is 1.56. The van der Waals surface area contributed by atoms with Crippen LogP contribution in [-0.2, 0) is 14.8 Å². The molecule has 2 N–H and O–H groups in total. The highest BCUT2D eigenvalue weighted by molar-refractivity contribution is 7.92. The number of sulfonamides is 1. The number of anilines is 1. The van der Waals surface area contributed by atoms with Gasteiger partial charge in [-0.1, -0.05) is 13.8 Å². The van der Waals surface area contributed by atoms with Crippen molar-refractivity contribution in [3.8, 4) is 5.75 Å². The quantitative estimate of drug-likeness (QED) is 0.613. The Labute approximate surface area is 195 Å². The zero-order chi connectivity index (χ0) is 24.0. The third kappa shape index (κ3) is 6.47. The van der Waals surface area contributed by atoms with Crippen molar-refractivity contribution in [3.63, 3.8) is 0 Å². The largest absolute Gasteiger partial charge is 0.497 e. The number of hydrogen-bond donors (Lipinski definition) is 2. The number of likely N-dealkylation sites (tertiary alicyclic amines) is 1. The lowest BCUT2D eigenvalue weighted by Crippen LogP contribution is -2.43. The number of carbonyl (C=O) groups is 2. The number of methoxy groups -OCH3 is 1. The summed E-state index contributed by atoms with van der Waals surface area (Å²) in [6.07, 6.45) is 1.27. The summed E-state index contributed by atoms with van der Waals surface area (Å²) in [5.41, 5.74) is 0.841. The summed E-state index contributed by atoms with van der Waals surface area (Å²) in [4.78, 5) is 27.0. The standard InChI is InChI=1S/C24H31N3O5S/c1-17(2)16-25-23(28)18-12-14-27(15-13-18)24(29)19-4-6-20(7-5-19)26-33(30,31)22-10-8-21(32-3)9-11-22/h4-11,17-18,26H,12-16H2,1-3H3,(H,25,28). The van der Waals surface area contributed by atoms with E-state index in [1.807, 2.05) is 0 Å². The third-order valence-electron chi connectivity index (χ3n) is 5.59. The Morgan fingerprint density at radius 1 is 1.03 bits per heavy atom. The number of hydrogen-bond acceptors (Lipinski definition) is 5. The molecule has 0 saturated carbocycles. The lowest BCUT2D eigenvalue weighted by molar-refractivity contribution is -0.126. The van der Waals surface area contributed by atoms with E-state index in [-0.39, 0.29) is 22.6 Å². The number of amides is 2. The third-order valence-corrected chi connectivity index (χ3v) is 6.99. The Kier molecular flexibility index (Phi) is 7.97. The Bertz CT molecular complexity index is 1060. The molecule has 33 heavy (non-hydrogen) atoms. The van der Waals surface area contributed by atoms with Crippen LogP contribution < -0.4 is 14.8 Å². The fourth-order valence-electron chi connectivity index (χ4n) is 3.63. The smallest absolute Gasteiger partial charge is 0.261 e. The first-order valence-electron chi connectivity index (χ1n) is 11.0. The molecule has 1 aliphatic heterocycles. The van der Waals surface area contributed by atoms with E-state index >= 15 is 0 Å². The summed E-state index contributed by atoms with van der Waals surface area (Å²) in [6.45, 7) is 5.80. The van der Waals surface area contributed by atoms with Crippen molar-refractivity contribution >= 4 is 27.5 Å². The fraction of sp³-hybridized carbons (Fsp3) is 0.417. The van der Waals surface area contributed by atoms with Crippen LogP contribution in [0.4, 0.5) is 5.69 Å². The zero-order valence-corrected chi connectivity index (χ0v) is 20.0. The number of rotatable bonds is 8. The van der Waals surface area contributed by atoms with Crippen molar-refractivity contribution in [1.82, 2.24) is 10.2 Å². The molecule has 0 aromatic heterocycles. The average Bonchev–Trinajstić information content (AvgIpc) is 2.82. The van der Waals surface area contributed by atoms with Crippen molar-refractivity contribution in [2.45, 2.75) is 31.6 Å². The normalized spacial score (nSPS) is 14.7. The van der Waals surface area contributed by atoms with Crippen molar-refractivity contribution in [3.05, 3.63) is 54.1 Å². The molecule has 8 nitrogen and oxygen atoms in total. The first-order chi connectivity index (χ1) is 15.7. The molecule has 0 unspecified atom stereocenters. The highest BCUT2D eigenvalue weighted by Crippen LogP contribution is 2.22. The summed E-state index contributed by atoms with van der Waals surface area (Å²) in [5, 5.41) is 2.97. The zero-order valence-electron chi connectivity index (χ0n) is 19.2. The van der Waals surface area contributed by atoms with Gasteiger partial charge < -0.3 is 15.0 Å². The summed E-state index contributed by atoms with van der Waals surface area (Å²) in [6, 6.07) is 12.4. The molecule has 0 spiro atoms. The van der Waals surface area contributed by atoms with Crippen LogP contribution in [0.15, 0.2) is 53.4 Å². The van der Waals surface area contributed by atoms with E-state index < -0.39 is 10.0 Å². The van der Waals surface area contributed by atoms with Gasteiger partial charge in [0, 0.05) is 36.8 Å². The molecule has 1 fully saturated rings. The van der Waals surface area contributed by atoms with Gasteiger partial charge in [-0.25, -0.2) is 8.42 Å². The molecular weight excluding hydrogens is 442 g/mol. The molecule has 178 valence electrons. The van der Waals surface area contributed by atoms with Gasteiger partial charge in [-0.05, 0) is 67.3 Å².